The van der Waals surface area contributed by atoms with Crippen LogP contribution in [-0.2, 0) is 4.74 Å². The number of pyridine rings is 1. The van der Waals surface area contributed by atoms with Crippen LogP contribution in [0.15, 0.2) is 18.5 Å². The first-order chi connectivity index (χ1) is 10.2. The van der Waals surface area contributed by atoms with Crippen LogP contribution < -0.4 is 5.32 Å². The van der Waals surface area contributed by atoms with Crippen LogP contribution in [0.1, 0.15) is 32.6 Å². The molecular weight excluding hydrogens is 273 g/mol. The van der Waals surface area contributed by atoms with E-state index in [1.165, 1.54) is 12.3 Å². The number of ether oxygens (including phenoxy) is 1. The first-order valence-corrected chi connectivity index (χ1v) is 7.47. The van der Waals surface area contributed by atoms with E-state index in [1.54, 1.807) is 4.90 Å². The Kier molecular flexibility index (Phi) is 5.92. The van der Waals surface area contributed by atoms with Gasteiger partial charge in [0, 0.05) is 25.9 Å². The second kappa shape index (κ2) is 7.93. The molecule has 0 bridgehead atoms. The Bertz CT molecular complexity index is 464. The molecule has 116 valence electrons. The van der Waals surface area contributed by atoms with Crippen molar-refractivity contribution in [2.45, 2.75) is 38.7 Å². The third-order valence-electron chi connectivity index (χ3n) is 3.49. The van der Waals surface area contributed by atoms with Crippen molar-refractivity contribution in [3.05, 3.63) is 24.3 Å². The van der Waals surface area contributed by atoms with E-state index in [0.29, 0.717) is 13.1 Å². The van der Waals surface area contributed by atoms with Gasteiger partial charge in [-0.05, 0) is 31.7 Å². The molecule has 1 unspecified atom stereocenters. The van der Waals surface area contributed by atoms with Crippen LogP contribution in [0.4, 0.5) is 14.9 Å². The number of hydrogen-bond donors (Lipinski definition) is 1. The van der Waals surface area contributed by atoms with E-state index in [9.17, 15) is 9.18 Å². The van der Waals surface area contributed by atoms with E-state index in [2.05, 4.69) is 10.3 Å². The summed E-state index contributed by atoms with van der Waals surface area (Å²) in [6, 6.07) is 1.16. The molecule has 1 fully saturated rings. The molecule has 1 aromatic rings. The summed E-state index contributed by atoms with van der Waals surface area (Å²) in [4.78, 5) is 17.7. The molecule has 1 atom stereocenters. The monoisotopic (exact) mass is 295 g/mol. The minimum atomic E-state index is -0.531. The maximum Gasteiger partial charge on any atom is 0.322 e. The van der Waals surface area contributed by atoms with E-state index in [0.717, 1.165) is 38.5 Å². The van der Waals surface area contributed by atoms with Gasteiger partial charge in [0.15, 0.2) is 5.82 Å². The number of nitrogens with one attached hydrogen (secondary N) is 1. The molecule has 1 aliphatic heterocycles. The fourth-order valence-electron chi connectivity index (χ4n) is 2.41. The van der Waals surface area contributed by atoms with E-state index in [-0.39, 0.29) is 17.8 Å². The van der Waals surface area contributed by atoms with E-state index < -0.39 is 5.82 Å². The molecular formula is C15H22FN3O2. The second-order valence-corrected chi connectivity index (χ2v) is 5.22. The minimum Gasteiger partial charge on any atom is -0.376 e. The smallest absolute Gasteiger partial charge is 0.322 e. The summed E-state index contributed by atoms with van der Waals surface area (Å²) in [5.74, 6) is -0.531. The molecule has 0 saturated carbocycles. The molecule has 0 aromatic carbocycles. The number of anilines is 1. The first-order valence-electron chi connectivity index (χ1n) is 7.47. The lowest BCUT2D eigenvalue weighted by atomic mass is 10.1. The third kappa shape index (κ3) is 4.67. The standard InChI is InChI=1S/C15H22FN3O2/c1-2-8-19(11-12-5-3-4-9-21-12)15(20)18-14-6-7-17-10-13(14)16/h6-7,10,12H,2-5,8-9,11H2,1H3,(H,17,18,20). The average molecular weight is 295 g/mol. The Labute approximate surface area is 124 Å². The first kappa shape index (κ1) is 15.7. The number of rotatable bonds is 5. The predicted molar refractivity (Wildman–Crippen MR) is 78.7 cm³/mol. The van der Waals surface area contributed by atoms with Gasteiger partial charge in [0.2, 0.25) is 0 Å². The molecule has 1 N–H and O–H groups in total. The predicted octanol–water partition coefficient (Wildman–Crippen LogP) is 3.03. The molecule has 2 amide bonds. The highest BCUT2D eigenvalue weighted by Crippen LogP contribution is 2.16. The topological polar surface area (TPSA) is 54.5 Å². The summed E-state index contributed by atoms with van der Waals surface area (Å²) in [6.07, 6.45) is 6.65. The van der Waals surface area contributed by atoms with Gasteiger partial charge < -0.3 is 15.0 Å². The SMILES string of the molecule is CCCN(CC1CCCCO1)C(=O)Nc1ccncc1F. The van der Waals surface area contributed by atoms with Crippen molar-refractivity contribution in [3.8, 4) is 0 Å². The highest BCUT2D eigenvalue weighted by atomic mass is 19.1. The zero-order chi connectivity index (χ0) is 15.1. The molecule has 2 rings (SSSR count). The summed E-state index contributed by atoms with van der Waals surface area (Å²) >= 11 is 0. The maximum atomic E-state index is 13.5. The number of hydrogen-bond acceptors (Lipinski definition) is 3. The van der Waals surface area contributed by atoms with Crippen LogP contribution in [0.2, 0.25) is 0 Å². The molecule has 1 aliphatic rings. The number of carbonyl (C=O) groups excluding carboxylic acids is 1. The van der Waals surface area contributed by atoms with Gasteiger partial charge in [0.25, 0.3) is 0 Å². The summed E-state index contributed by atoms with van der Waals surface area (Å²) in [6.45, 7) is 3.94. The van der Waals surface area contributed by atoms with Crippen LogP contribution in [0, 0.1) is 5.82 Å². The molecule has 2 heterocycles. The summed E-state index contributed by atoms with van der Waals surface area (Å²) in [5.41, 5.74) is 0.153. The fraction of sp³-hybridized carbons (Fsp3) is 0.600. The van der Waals surface area contributed by atoms with Gasteiger partial charge in [-0.2, -0.15) is 0 Å². The third-order valence-corrected chi connectivity index (χ3v) is 3.49. The number of carbonyl (C=O) groups is 1. The number of amides is 2. The highest BCUT2D eigenvalue weighted by Gasteiger charge is 2.21. The van der Waals surface area contributed by atoms with Crippen LogP contribution >= 0.6 is 0 Å². The van der Waals surface area contributed by atoms with E-state index in [4.69, 9.17) is 4.74 Å². The van der Waals surface area contributed by atoms with Gasteiger partial charge >= 0.3 is 6.03 Å². The van der Waals surface area contributed by atoms with Gasteiger partial charge in [-0.1, -0.05) is 6.92 Å². The Morgan fingerprint density at radius 2 is 2.43 bits per heavy atom. The lowest BCUT2D eigenvalue weighted by molar-refractivity contribution is 0.00161. The molecule has 0 spiro atoms. The van der Waals surface area contributed by atoms with Crippen LogP contribution in [0.25, 0.3) is 0 Å². The van der Waals surface area contributed by atoms with Gasteiger partial charge in [0.1, 0.15) is 0 Å². The number of nitrogens with zero attached hydrogens (tertiary/aromatic N) is 2. The molecule has 1 saturated heterocycles. The number of urea groups is 1. The van der Waals surface area contributed by atoms with Crippen LogP contribution in [0.5, 0.6) is 0 Å². The van der Waals surface area contributed by atoms with Crippen molar-refractivity contribution in [2.75, 3.05) is 25.0 Å². The summed E-state index contributed by atoms with van der Waals surface area (Å²) in [7, 11) is 0. The molecule has 21 heavy (non-hydrogen) atoms. The van der Waals surface area contributed by atoms with E-state index >= 15 is 0 Å². The van der Waals surface area contributed by atoms with Crippen molar-refractivity contribution < 1.29 is 13.9 Å². The van der Waals surface area contributed by atoms with Crippen LogP contribution in [0.3, 0.4) is 0 Å². The van der Waals surface area contributed by atoms with E-state index in [1.807, 2.05) is 6.92 Å². The maximum absolute atomic E-state index is 13.5. The van der Waals surface area contributed by atoms with Crippen molar-refractivity contribution in [2.24, 2.45) is 0 Å². The van der Waals surface area contributed by atoms with Gasteiger partial charge in [-0.15, -0.1) is 0 Å². The summed E-state index contributed by atoms with van der Waals surface area (Å²) in [5, 5.41) is 2.60. The second-order valence-electron chi connectivity index (χ2n) is 5.22. The normalized spacial score (nSPS) is 18.3. The molecule has 6 heteroatoms. The van der Waals surface area contributed by atoms with Crippen molar-refractivity contribution in [1.29, 1.82) is 0 Å². The Hall–Kier alpha value is -1.69. The van der Waals surface area contributed by atoms with Crippen molar-refractivity contribution in [1.82, 2.24) is 9.88 Å². The van der Waals surface area contributed by atoms with Gasteiger partial charge in [-0.25, -0.2) is 9.18 Å². The summed E-state index contributed by atoms with van der Waals surface area (Å²) < 4.78 is 19.2. The number of halogens is 1. The Morgan fingerprint density at radius 1 is 1.57 bits per heavy atom. The van der Waals surface area contributed by atoms with Crippen molar-refractivity contribution in [3.63, 3.8) is 0 Å². The molecule has 5 nitrogen and oxygen atoms in total. The Morgan fingerprint density at radius 3 is 3.10 bits per heavy atom. The lowest BCUT2D eigenvalue weighted by Crippen LogP contribution is -2.42. The zero-order valence-corrected chi connectivity index (χ0v) is 12.3. The van der Waals surface area contributed by atoms with Crippen LogP contribution in [-0.4, -0.2) is 41.7 Å². The number of aromatic nitrogens is 1. The van der Waals surface area contributed by atoms with Crippen molar-refractivity contribution >= 4 is 11.7 Å². The highest BCUT2D eigenvalue weighted by molar-refractivity contribution is 5.89. The average Bonchev–Trinajstić information content (AvgIpc) is 2.50. The zero-order valence-electron chi connectivity index (χ0n) is 12.3. The fourth-order valence-corrected chi connectivity index (χ4v) is 2.41. The Balaban J connectivity index is 1.96. The molecule has 1 aromatic heterocycles. The van der Waals surface area contributed by atoms with Gasteiger partial charge in [0.05, 0.1) is 18.0 Å². The quantitative estimate of drug-likeness (QED) is 0.908. The largest absolute Gasteiger partial charge is 0.376 e. The molecule has 0 aliphatic carbocycles. The lowest BCUT2D eigenvalue weighted by Gasteiger charge is -2.30. The molecule has 0 radical (unpaired) electrons. The van der Waals surface area contributed by atoms with Gasteiger partial charge in [-0.3, -0.25) is 4.98 Å². The minimum absolute atomic E-state index is 0.0818.